The second-order valence-electron chi connectivity index (χ2n) is 3.26. The molecule has 5 nitrogen and oxygen atoms in total. The molecular formula is C12H14N2O3. The predicted octanol–water partition coefficient (Wildman–Crippen LogP) is 1.23. The van der Waals surface area contributed by atoms with Crippen LogP contribution in [-0.2, 0) is 11.3 Å². The lowest BCUT2D eigenvalue weighted by Gasteiger charge is -2.12. The van der Waals surface area contributed by atoms with Gasteiger partial charge in [-0.3, -0.25) is 4.79 Å². The van der Waals surface area contributed by atoms with Crippen molar-refractivity contribution in [1.29, 1.82) is 5.26 Å². The lowest BCUT2D eigenvalue weighted by molar-refractivity contribution is -0.120. The lowest BCUT2D eigenvalue weighted by Crippen LogP contribution is -2.22. The molecule has 0 saturated heterocycles. The highest BCUT2D eigenvalue weighted by Gasteiger charge is 2.10. The van der Waals surface area contributed by atoms with Gasteiger partial charge in [0, 0.05) is 12.1 Å². The maximum absolute atomic E-state index is 11.2. The molecule has 0 spiro atoms. The fourth-order valence-corrected chi connectivity index (χ4v) is 1.42. The van der Waals surface area contributed by atoms with E-state index < -0.39 is 0 Å². The third-order valence-corrected chi connectivity index (χ3v) is 2.20. The number of hydrogen-bond donors (Lipinski definition) is 1. The van der Waals surface area contributed by atoms with Crippen molar-refractivity contribution in [3.05, 3.63) is 23.8 Å². The molecule has 0 bridgehead atoms. The minimum Gasteiger partial charge on any atom is -0.493 e. The molecule has 5 heteroatoms. The van der Waals surface area contributed by atoms with Gasteiger partial charge in [0.2, 0.25) is 5.91 Å². The number of nitrogens with one attached hydrogen (secondary N) is 1. The molecule has 1 rings (SSSR count). The quantitative estimate of drug-likeness (QED) is 0.831. The Morgan fingerprint density at radius 3 is 2.76 bits per heavy atom. The van der Waals surface area contributed by atoms with Gasteiger partial charge in [0.05, 0.1) is 20.3 Å². The van der Waals surface area contributed by atoms with Crippen LogP contribution in [0.1, 0.15) is 12.0 Å². The Morgan fingerprint density at radius 1 is 1.41 bits per heavy atom. The standard InChI is InChI=1S/C12H14N2O3/c1-16-10-5-3-4-9(12(10)17-2)8-14-11(15)6-7-13/h3-5H,6,8H2,1-2H3,(H,14,15). The Kier molecular flexibility index (Phi) is 4.82. The molecule has 0 aliphatic heterocycles. The molecule has 90 valence electrons. The molecule has 0 aliphatic rings. The van der Waals surface area contributed by atoms with Crippen molar-refractivity contribution in [3.8, 4) is 17.6 Å². The van der Waals surface area contributed by atoms with Crippen molar-refractivity contribution in [2.24, 2.45) is 0 Å². The Morgan fingerprint density at radius 2 is 2.18 bits per heavy atom. The number of nitrogens with zero attached hydrogens (tertiary/aromatic N) is 1. The van der Waals surface area contributed by atoms with Gasteiger partial charge in [-0.25, -0.2) is 0 Å². The zero-order valence-corrected chi connectivity index (χ0v) is 9.82. The molecule has 0 heterocycles. The van der Waals surface area contributed by atoms with Crippen LogP contribution in [-0.4, -0.2) is 20.1 Å². The Bertz CT molecular complexity index is 438. The Labute approximate surface area is 100.0 Å². The fourth-order valence-electron chi connectivity index (χ4n) is 1.42. The van der Waals surface area contributed by atoms with Crippen molar-refractivity contribution in [1.82, 2.24) is 5.32 Å². The molecule has 0 atom stereocenters. The number of carbonyl (C=O) groups is 1. The molecule has 1 aromatic rings. The van der Waals surface area contributed by atoms with Crippen LogP contribution in [0.2, 0.25) is 0 Å². The average molecular weight is 234 g/mol. The molecule has 0 unspecified atom stereocenters. The fraction of sp³-hybridized carbons (Fsp3) is 0.333. The van der Waals surface area contributed by atoms with Gasteiger partial charge in [-0.2, -0.15) is 5.26 Å². The highest BCUT2D eigenvalue weighted by Crippen LogP contribution is 2.30. The summed E-state index contributed by atoms with van der Waals surface area (Å²) in [6.07, 6.45) is -0.147. The molecule has 1 N–H and O–H groups in total. The highest BCUT2D eigenvalue weighted by molar-refractivity contribution is 5.78. The highest BCUT2D eigenvalue weighted by atomic mass is 16.5. The minimum absolute atomic E-state index is 0.147. The zero-order chi connectivity index (χ0) is 12.7. The van der Waals surface area contributed by atoms with Crippen LogP contribution < -0.4 is 14.8 Å². The van der Waals surface area contributed by atoms with Crippen LogP contribution in [0.4, 0.5) is 0 Å². The molecule has 0 aliphatic carbocycles. The second kappa shape index (κ2) is 6.38. The zero-order valence-electron chi connectivity index (χ0n) is 9.82. The van der Waals surface area contributed by atoms with Crippen molar-refractivity contribution in [2.45, 2.75) is 13.0 Å². The molecule has 0 saturated carbocycles. The number of amides is 1. The van der Waals surface area contributed by atoms with Crippen molar-refractivity contribution < 1.29 is 14.3 Å². The first kappa shape index (κ1) is 12.8. The van der Waals surface area contributed by atoms with Crippen molar-refractivity contribution in [2.75, 3.05) is 14.2 Å². The van der Waals surface area contributed by atoms with Gasteiger partial charge < -0.3 is 14.8 Å². The van der Waals surface area contributed by atoms with E-state index in [0.29, 0.717) is 18.0 Å². The van der Waals surface area contributed by atoms with Crippen LogP contribution in [0.25, 0.3) is 0 Å². The first-order chi connectivity index (χ1) is 8.22. The van der Waals surface area contributed by atoms with E-state index in [1.165, 1.54) is 0 Å². The van der Waals surface area contributed by atoms with Gasteiger partial charge in [0.1, 0.15) is 6.42 Å². The van der Waals surface area contributed by atoms with Crippen LogP contribution >= 0.6 is 0 Å². The van der Waals surface area contributed by atoms with E-state index in [9.17, 15) is 4.79 Å². The third kappa shape index (κ3) is 3.38. The van der Waals surface area contributed by atoms with Crippen molar-refractivity contribution >= 4 is 5.91 Å². The Balaban J connectivity index is 2.77. The summed E-state index contributed by atoms with van der Waals surface area (Å²) in [6.45, 7) is 0.306. The number of para-hydroxylation sites is 1. The number of nitriles is 1. The molecule has 0 fully saturated rings. The number of carbonyl (C=O) groups excluding carboxylic acids is 1. The van der Waals surface area contributed by atoms with Gasteiger partial charge in [-0.1, -0.05) is 12.1 Å². The van der Waals surface area contributed by atoms with Gasteiger partial charge in [-0.05, 0) is 6.07 Å². The molecule has 17 heavy (non-hydrogen) atoms. The Hall–Kier alpha value is -2.22. The smallest absolute Gasteiger partial charge is 0.234 e. The summed E-state index contributed by atoms with van der Waals surface area (Å²) in [4.78, 5) is 11.2. The molecule has 0 aromatic heterocycles. The largest absolute Gasteiger partial charge is 0.493 e. The summed E-state index contributed by atoms with van der Waals surface area (Å²) in [5.74, 6) is 0.893. The van der Waals surface area contributed by atoms with Gasteiger partial charge in [-0.15, -0.1) is 0 Å². The van der Waals surface area contributed by atoms with E-state index in [1.54, 1.807) is 26.4 Å². The summed E-state index contributed by atoms with van der Waals surface area (Å²) in [5.41, 5.74) is 0.804. The summed E-state index contributed by atoms with van der Waals surface area (Å²) >= 11 is 0. The monoisotopic (exact) mass is 234 g/mol. The number of benzene rings is 1. The van der Waals surface area contributed by atoms with E-state index in [2.05, 4.69) is 5.32 Å². The minimum atomic E-state index is -0.308. The summed E-state index contributed by atoms with van der Waals surface area (Å²) in [5, 5.41) is 11.0. The topological polar surface area (TPSA) is 71.3 Å². The van der Waals surface area contributed by atoms with E-state index >= 15 is 0 Å². The summed E-state index contributed by atoms with van der Waals surface area (Å²) < 4.78 is 10.4. The first-order valence-electron chi connectivity index (χ1n) is 5.06. The maximum atomic E-state index is 11.2. The van der Waals surface area contributed by atoms with E-state index in [4.69, 9.17) is 14.7 Å². The lowest BCUT2D eigenvalue weighted by atomic mass is 10.2. The van der Waals surface area contributed by atoms with Crippen LogP contribution in [0.5, 0.6) is 11.5 Å². The number of hydrogen-bond acceptors (Lipinski definition) is 4. The number of methoxy groups -OCH3 is 2. The van der Waals surface area contributed by atoms with E-state index in [-0.39, 0.29) is 12.3 Å². The molecular weight excluding hydrogens is 220 g/mol. The van der Waals surface area contributed by atoms with Crippen LogP contribution in [0.15, 0.2) is 18.2 Å². The third-order valence-electron chi connectivity index (χ3n) is 2.20. The SMILES string of the molecule is COc1cccc(CNC(=O)CC#N)c1OC. The van der Waals surface area contributed by atoms with Gasteiger partial charge in [0.15, 0.2) is 11.5 Å². The molecule has 1 aromatic carbocycles. The normalized spacial score (nSPS) is 9.24. The van der Waals surface area contributed by atoms with Crippen molar-refractivity contribution in [3.63, 3.8) is 0 Å². The van der Waals surface area contributed by atoms with E-state index in [0.717, 1.165) is 5.56 Å². The number of ether oxygens (including phenoxy) is 2. The van der Waals surface area contributed by atoms with Crippen LogP contribution in [0.3, 0.4) is 0 Å². The first-order valence-corrected chi connectivity index (χ1v) is 5.06. The second-order valence-corrected chi connectivity index (χ2v) is 3.26. The maximum Gasteiger partial charge on any atom is 0.234 e. The summed E-state index contributed by atoms with van der Waals surface area (Å²) in [6, 6.07) is 7.20. The van der Waals surface area contributed by atoms with Gasteiger partial charge >= 0.3 is 0 Å². The molecule has 1 amide bonds. The van der Waals surface area contributed by atoms with Gasteiger partial charge in [0.25, 0.3) is 0 Å². The molecule has 0 radical (unpaired) electrons. The number of rotatable bonds is 5. The van der Waals surface area contributed by atoms with E-state index in [1.807, 2.05) is 12.1 Å². The summed E-state index contributed by atoms with van der Waals surface area (Å²) in [7, 11) is 3.09. The van der Waals surface area contributed by atoms with Crippen LogP contribution in [0, 0.1) is 11.3 Å². The predicted molar refractivity (Wildman–Crippen MR) is 61.6 cm³/mol. The average Bonchev–Trinajstić information content (AvgIpc) is 2.36.